The Morgan fingerprint density at radius 1 is 1.17 bits per heavy atom. The highest BCUT2D eigenvalue weighted by atomic mass is 16.2. The van der Waals surface area contributed by atoms with Crippen molar-refractivity contribution in [3.63, 3.8) is 0 Å². The number of urea groups is 1. The molecule has 1 aromatic carbocycles. The van der Waals surface area contributed by atoms with Gasteiger partial charge < -0.3 is 19.7 Å². The number of benzene rings is 1. The summed E-state index contributed by atoms with van der Waals surface area (Å²) in [5.41, 5.74) is 1.22. The lowest BCUT2D eigenvalue weighted by Crippen LogP contribution is -2.51. The molecule has 2 amide bonds. The van der Waals surface area contributed by atoms with Gasteiger partial charge in [0.05, 0.1) is 6.54 Å². The Morgan fingerprint density at radius 2 is 1.92 bits per heavy atom. The highest BCUT2D eigenvalue weighted by Gasteiger charge is 2.20. The fourth-order valence-electron chi connectivity index (χ4n) is 2.96. The van der Waals surface area contributed by atoms with Gasteiger partial charge in [0.25, 0.3) is 0 Å². The van der Waals surface area contributed by atoms with Crippen LogP contribution in [-0.2, 0) is 13.1 Å². The highest BCUT2D eigenvalue weighted by molar-refractivity contribution is 5.74. The van der Waals surface area contributed by atoms with Crippen LogP contribution in [0.3, 0.4) is 0 Å². The maximum atomic E-state index is 12.3. The molecule has 128 valence electrons. The number of likely N-dealkylation sites (N-methyl/N-ethyl adjacent to an activating group) is 1. The number of hydrogen-bond acceptors (Lipinski definition) is 3. The molecule has 0 aliphatic carbocycles. The molecule has 1 aromatic heterocycles. The maximum Gasteiger partial charge on any atom is 0.317 e. The SMILES string of the molecule is CCN1CCN(C(=O)NCc2nccn2Cc2ccccc2)CC1. The van der Waals surface area contributed by atoms with Crippen molar-refractivity contribution in [2.24, 2.45) is 0 Å². The second kappa shape index (κ2) is 7.97. The minimum atomic E-state index is 0.0000131. The van der Waals surface area contributed by atoms with Gasteiger partial charge in [0.1, 0.15) is 5.82 Å². The quantitative estimate of drug-likeness (QED) is 0.911. The topological polar surface area (TPSA) is 53.4 Å². The van der Waals surface area contributed by atoms with Crippen molar-refractivity contribution in [3.8, 4) is 0 Å². The van der Waals surface area contributed by atoms with E-state index in [-0.39, 0.29) is 6.03 Å². The lowest BCUT2D eigenvalue weighted by molar-refractivity contribution is 0.142. The first kappa shape index (κ1) is 16.5. The molecule has 1 aliphatic rings. The van der Waals surface area contributed by atoms with E-state index in [1.54, 1.807) is 6.20 Å². The van der Waals surface area contributed by atoms with E-state index in [1.165, 1.54) is 5.56 Å². The number of amides is 2. The Balaban J connectivity index is 1.52. The number of nitrogens with zero attached hydrogens (tertiary/aromatic N) is 4. The summed E-state index contributed by atoms with van der Waals surface area (Å²) in [6.45, 7) is 7.90. The van der Waals surface area contributed by atoms with Gasteiger partial charge in [0.2, 0.25) is 0 Å². The molecular formula is C18H25N5O. The van der Waals surface area contributed by atoms with E-state index < -0.39 is 0 Å². The first-order valence-electron chi connectivity index (χ1n) is 8.55. The van der Waals surface area contributed by atoms with Crippen molar-refractivity contribution in [1.29, 1.82) is 0 Å². The number of rotatable bonds is 5. The Bertz CT molecular complexity index is 646. The fourth-order valence-corrected chi connectivity index (χ4v) is 2.96. The first-order chi connectivity index (χ1) is 11.8. The van der Waals surface area contributed by atoms with Gasteiger partial charge in [-0.2, -0.15) is 0 Å². The average molecular weight is 327 g/mol. The predicted molar refractivity (Wildman–Crippen MR) is 93.7 cm³/mol. The monoisotopic (exact) mass is 327 g/mol. The molecule has 0 atom stereocenters. The minimum Gasteiger partial charge on any atom is -0.331 e. The van der Waals surface area contributed by atoms with Crippen LogP contribution in [0.5, 0.6) is 0 Å². The van der Waals surface area contributed by atoms with Gasteiger partial charge in [0, 0.05) is 45.1 Å². The van der Waals surface area contributed by atoms with E-state index in [1.807, 2.05) is 29.3 Å². The largest absolute Gasteiger partial charge is 0.331 e. The lowest BCUT2D eigenvalue weighted by Gasteiger charge is -2.33. The number of hydrogen-bond donors (Lipinski definition) is 1. The van der Waals surface area contributed by atoms with Crippen LogP contribution >= 0.6 is 0 Å². The van der Waals surface area contributed by atoms with Gasteiger partial charge in [-0.25, -0.2) is 9.78 Å². The van der Waals surface area contributed by atoms with Gasteiger partial charge in [-0.3, -0.25) is 0 Å². The zero-order chi connectivity index (χ0) is 16.8. The van der Waals surface area contributed by atoms with Crippen molar-refractivity contribution in [1.82, 2.24) is 24.7 Å². The summed E-state index contributed by atoms with van der Waals surface area (Å²) < 4.78 is 2.07. The predicted octanol–water partition coefficient (Wildman–Crippen LogP) is 1.78. The number of imidazole rings is 1. The smallest absolute Gasteiger partial charge is 0.317 e. The highest BCUT2D eigenvalue weighted by Crippen LogP contribution is 2.06. The molecule has 6 heteroatoms. The Labute approximate surface area is 143 Å². The normalized spacial score (nSPS) is 15.5. The number of carbonyl (C=O) groups excluding carboxylic acids is 1. The lowest BCUT2D eigenvalue weighted by atomic mass is 10.2. The summed E-state index contributed by atoms with van der Waals surface area (Å²) in [5.74, 6) is 0.874. The van der Waals surface area contributed by atoms with Gasteiger partial charge in [-0.1, -0.05) is 37.3 Å². The van der Waals surface area contributed by atoms with Crippen molar-refractivity contribution < 1.29 is 4.79 Å². The van der Waals surface area contributed by atoms with Gasteiger partial charge in [-0.05, 0) is 12.1 Å². The molecule has 0 spiro atoms. The summed E-state index contributed by atoms with van der Waals surface area (Å²) in [6, 6.07) is 10.3. The molecule has 1 N–H and O–H groups in total. The minimum absolute atomic E-state index is 0.0000131. The number of aromatic nitrogens is 2. The van der Waals surface area contributed by atoms with Crippen LogP contribution < -0.4 is 5.32 Å². The standard InChI is InChI=1S/C18H25N5O/c1-2-21-10-12-22(13-11-21)18(24)20-14-17-19-8-9-23(17)15-16-6-4-3-5-7-16/h3-9H,2,10-15H2,1H3,(H,20,24). The molecule has 0 saturated carbocycles. The number of carbonyl (C=O) groups is 1. The van der Waals surface area contributed by atoms with E-state index in [0.717, 1.165) is 45.1 Å². The summed E-state index contributed by atoms with van der Waals surface area (Å²) in [4.78, 5) is 20.9. The molecule has 1 fully saturated rings. The molecule has 0 radical (unpaired) electrons. The number of nitrogens with one attached hydrogen (secondary N) is 1. The fraction of sp³-hybridized carbons (Fsp3) is 0.444. The zero-order valence-electron chi connectivity index (χ0n) is 14.2. The second-order valence-electron chi connectivity index (χ2n) is 6.04. The average Bonchev–Trinajstić information content (AvgIpc) is 3.07. The zero-order valence-corrected chi connectivity index (χ0v) is 14.2. The van der Waals surface area contributed by atoms with E-state index >= 15 is 0 Å². The van der Waals surface area contributed by atoms with Gasteiger partial charge >= 0.3 is 6.03 Å². The Morgan fingerprint density at radius 3 is 2.62 bits per heavy atom. The summed E-state index contributed by atoms with van der Waals surface area (Å²) in [6.07, 6.45) is 3.74. The summed E-state index contributed by atoms with van der Waals surface area (Å²) in [7, 11) is 0. The van der Waals surface area contributed by atoms with Crippen LogP contribution in [0.1, 0.15) is 18.3 Å². The van der Waals surface area contributed by atoms with Crippen LogP contribution in [0.25, 0.3) is 0 Å². The van der Waals surface area contributed by atoms with Crippen molar-refractivity contribution >= 4 is 6.03 Å². The van der Waals surface area contributed by atoms with Crippen molar-refractivity contribution in [3.05, 3.63) is 54.1 Å². The summed E-state index contributed by atoms with van der Waals surface area (Å²) in [5, 5.41) is 3.00. The van der Waals surface area contributed by atoms with Crippen LogP contribution in [0, 0.1) is 0 Å². The molecule has 6 nitrogen and oxygen atoms in total. The van der Waals surface area contributed by atoms with E-state index in [2.05, 4.69) is 38.8 Å². The molecular weight excluding hydrogens is 302 g/mol. The molecule has 0 unspecified atom stereocenters. The summed E-state index contributed by atoms with van der Waals surface area (Å²) >= 11 is 0. The molecule has 3 rings (SSSR count). The van der Waals surface area contributed by atoms with Crippen LogP contribution in [0.15, 0.2) is 42.7 Å². The number of piperazine rings is 1. The maximum absolute atomic E-state index is 12.3. The van der Waals surface area contributed by atoms with Crippen LogP contribution in [0.4, 0.5) is 4.79 Å². The first-order valence-corrected chi connectivity index (χ1v) is 8.55. The molecule has 1 saturated heterocycles. The van der Waals surface area contributed by atoms with Gasteiger partial charge in [0.15, 0.2) is 0 Å². The van der Waals surface area contributed by atoms with Crippen molar-refractivity contribution in [2.45, 2.75) is 20.0 Å². The van der Waals surface area contributed by atoms with E-state index in [0.29, 0.717) is 6.54 Å². The molecule has 1 aliphatic heterocycles. The second-order valence-corrected chi connectivity index (χ2v) is 6.04. The van der Waals surface area contributed by atoms with E-state index in [4.69, 9.17) is 0 Å². The third kappa shape index (κ3) is 4.14. The molecule has 24 heavy (non-hydrogen) atoms. The van der Waals surface area contributed by atoms with Gasteiger partial charge in [-0.15, -0.1) is 0 Å². The molecule has 0 bridgehead atoms. The Hall–Kier alpha value is -2.34. The van der Waals surface area contributed by atoms with E-state index in [9.17, 15) is 4.79 Å². The van der Waals surface area contributed by atoms with Crippen LogP contribution in [0.2, 0.25) is 0 Å². The Kier molecular flexibility index (Phi) is 5.48. The molecule has 2 heterocycles. The van der Waals surface area contributed by atoms with Crippen molar-refractivity contribution in [2.75, 3.05) is 32.7 Å². The third-order valence-electron chi connectivity index (χ3n) is 4.50. The van der Waals surface area contributed by atoms with Crippen LogP contribution in [-0.4, -0.2) is 58.1 Å². The third-order valence-corrected chi connectivity index (χ3v) is 4.50. The molecule has 2 aromatic rings.